The average Bonchev–Trinajstić information content (AvgIpc) is 3.25. The van der Waals surface area contributed by atoms with Gasteiger partial charge in [0.1, 0.15) is 23.1 Å². The summed E-state index contributed by atoms with van der Waals surface area (Å²) in [6.07, 6.45) is 11.2. The van der Waals surface area contributed by atoms with Crippen LogP contribution in [0.5, 0.6) is 11.5 Å². The Bertz CT molecular complexity index is 1270. The first kappa shape index (κ1) is 22.8. The van der Waals surface area contributed by atoms with Crippen LogP contribution >= 0.6 is 23.4 Å². The summed E-state index contributed by atoms with van der Waals surface area (Å²) in [6.45, 7) is 0. The molecule has 1 saturated carbocycles. The molecule has 1 aliphatic carbocycles. The molecule has 0 radical (unpaired) electrons. The number of benzene rings is 1. The van der Waals surface area contributed by atoms with Crippen molar-refractivity contribution in [2.45, 2.75) is 42.7 Å². The van der Waals surface area contributed by atoms with Crippen LogP contribution in [0.3, 0.4) is 0 Å². The first-order chi connectivity index (χ1) is 16.6. The van der Waals surface area contributed by atoms with Gasteiger partial charge in [0, 0.05) is 36.1 Å². The maximum atomic E-state index is 6.07. The Morgan fingerprint density at radius 1 is 1.06 bits per heavy atom. The zero-order chi connectivity index (χ0) is 23.5. The van der Waals surface area contributed by atoms with E-state index in [-0.39, 0.29) is 0 Å². The van der Waals surface area contributed by atoms with Gasteiger partial charge in [-0.05, 0) is 56.2 Å². The van der Waals surface area contributed by atoms with Crippen molar-refractivity contribution in [1.82, 2.24) is 19.6 Å². The first-order valence-electron chi connectivity index (χ1n) is 11.2. The number of ether oxygens (including phenoxy) is 1. The van der Waals surface area contributed by atoms with Gasteiger partial charge in [0.15, 0.2) is 5.65 Å². The van der Waals surface area contributed by atoms with Gasteiger partial charge in [-0.15, -0.1) is 11.8 Å². The molecule has 3 aromatic heterocycles. The van der Waals surface area contributed by atoms with Crippen LogP contribution in [0.15, 0.2) is 59.9 Å². The molecule has 10 heteroatoms. The molecule has 0 spiro atoms. The molecule has 34 heavy (non-hydrogen) atoms. The molecule has 5 rings (SSSR count). The Morgan fingerprint density at radius 3 is 2.59 bits per heavy atom. The number of nitrogens with zero attached hydrogens (tertiary/aromatic N) is 4. The second kappa shape index (κ2) is 10.1. The smallest absolute Gasteiger partial charge is 0.173 e. The normalized spacial score (nSPS) is 18.1. The van der Waals surface area contributed by atoms with Crippen LogP contribution in [0, 0.1) is 0 Å². The van der Waals surface area contributed by atoms with E-state index in [2.05, 4.69) is 20.7 Å². The van der Waals surface area contributed by atoms with Crippen molar-refractivity contribution in [1.29, 1.82) is 0 Å². The fourth-order valence-corrected chi connectivity index (χ4v) is 4.69. The number of nitrogens with two attached hydrogens (primary N) is 1. The highest BCUT2D eigenvalue weighted by Crippen LogP contribution is 2.29. The number of anilines is 3. The highest BCUT2D eigenvalue weighted by Gasteiger charge is 2.20. The lowest BCUT2D eigenvalue weighted by Gasteiger charge is -2.27. The largest absolute Gasteiger partial charge is 0.456 e. The lowest BCUT2D eigenvalue weighted by molar-refractivity contribution is 0.410. The van der Waals surface area contributed by atoms with Crippen molar-refractivity contribution in [2.75, 3.05) is 16.9 Å². The molecule has 8 nitrogen and oxygen atoms in total. The molecule has 3 heterocycles. The van der Waals surface area contributed by atoms with Gasteiger partial charge >= 0.3 is 0 Å². The van der Waals surface area contributed by atoms with E-state index in [9.17, 15) is 0 Å². The number of fused-ring (bicyclic) bond motifs is 1. The number of rotatable bonds is 7. The summed E-state index contributed by atoms with van der Waals surface area (Å²) in [6, 6.07) is 12.1. The van der Waals surface area contributed by atoms with Gasteiger partial charge < -0.3 is 21.1 Å². The Balaban J connectivity index is 1.37. The molecule has 0 unspecified atom stereocenters. The van der Waals surface area contributed by atoms with Gasteiger partial charge in [0.05, 0.1) is 22.3 Å². The monoisotopic (exact) mass is 495 g/mol. The number of thioether (sulfide) groups is 1. The molecule has 1 aliphatic rings. The van der Waals surface area contributed by atoms with Crippen molar-refractivity contribution in [3.05, 3.63) is 60.0 Å². The molecule has 1 aromatic carbocycles. The van der Waals surface area contributed by atoms with Crippen LogP contribution in [0.25, 0.3) is 5.65 Å². The van der Waals surface area contributed by atoms with Crippen molar-refractivity contribution in [3.8, 4) is 11.5 Å². The van der Waals surface area contributed by atoms with E-state index in [0.717, 1.165) is 53.5 Å². The number of pyridine rings is 1. The van der Waals surface area contributed by atoms with E-state index in [4.69, 9.17) is 27.1 Å². The summed E-state index contributed by atoms with van der Waals surface area (Å²) in [5, 5.41) is 12.2. The zero-order valence-electron chi connectivity index (χ0n) is 18.7. The number of hydrogen-bond donors (Lipinski definition) is 3. The third-order valence-electron chi connectivity index (χ3n) is 5.83. The van der Waals surface area contributed by atoms with Gasteiger partial charge in [0.25, 0.3) is 0 Å². The van der Waals surface area contributed by atoms with E-state index in [1.165, 1.54) is 0 Å². The van der Waals surface area contributed by atoms with E-state index < -0.39 is 0 Å². The molecule has 176 valence electrons. The molecule has 1 fully saturated rings. The van der Waals surface area contributed by atoms with Gasteiger partial charge in [-0.25, -0.2) is 4.98 Å². The minimum Gasteiger partial charge on any atom is -0.456 e. The van der Waals surface area contributed by atoms with E-state index in [1.54, 1.807) is 30.2 Å². The summed E-state index contributed by atoms with van der Waals surface area (Å²) >= 11 is 7.62. The lowest BCUT2D eigenvalue weighted by Crippen LogP contribution is -2.33. The summed E-state index contributed by atoms with van der Waals surface area (Å²) in [5.74, 6) is 2.94. The minimum atomic E-state index is 0.311. The van der Waals surface area contributed by atoms with Crippen molar-refractivity contribution in [3.63, 3.8) is 0 Å². The SMILES string of the molecule is CSc1cnn2c(Nc3ccc(Oc4cncc(Cl)c4)cc3)cc(NC3CCC(N)CC3)nc12. The molecule has 4 N–H and O–H groups in total. The van der Waals surface area contributed by atoms with Crippen LogP contribution in [0.2, 0.25) is 5.02 Å². The molecular weight excluding hydrogens is 470 g/mol. The second-order valence-electron chi connectivity index (χ2n) is 8.32. The molecular formula is C24H26ClN7OS. The Hall–Kier alpha value is -3.01. The molecule has 0 aliphatic heterocycles. The maximum absolute atomic E-state index is 6.07. The Morgan fingerprint density at radius 2 is 1.85 bits per heavy atom. The second-order valence-corrected chi connectivity index (χ2v) is 9.61. The Kier molecular flexibility index (Phi) is 6.75. The van der Waals surface area contributed by atoms with Crippen LogP contribution in [0.1, 0.15) is 25.7 Å². The number of aromatic nitrogens is 4. The van der Waals surface area contributed by atoms with Crippen molar-refractivity contribution >= 4 is 46.3 Å². The standard InChI is InChI=1S/C24H26ClN7OS/c1-34-21-14-28-32-23(11-22(31-24(21)32)29-17-4-2-16(26)3-5-17)30-18-6-8-19(9-7-18)33-20-10-15(25)12-27-13-20/h6-14,16-17,30H,2-5,26H2,1H3,(H,29,31). The van der Waals surface area contributed by atoms with Crippen LogP contribution in [-0.2, 0) is 0 Å². The predicted octanol–water partition coefficient (Wildman–Crippen LogP) is 5.72. The van der Waals surface area contributed by atoms with Crippen LogP contribution < -0.4 is 21.1 Å². The van der Waals surface area contributed by atoms with Gasteiger partial charge in [-0.2, -0.15) is 9.61 Å². The Labute approximate surface area is 207 Å². The van der Waals surface area contributed by atoms with Crippen LogP contribution in [-0.4, -0.2) is 37.9 Å². The molecule has 4 aromatic rings. The quantitative estimate of drug-likeness (QED) is 0.280. The number of halogens is 1. The fraction of sp³-hybridized carbons (Fsp3) is 0.292. The molecule has 0 saturated heterocycles. The molecule has 0 bridgehead atoms. The van der Waals surface area contributed by atoms with Gasteiger partial charge in [0.2, 0.25) is 0 Å². The predicted molar refractivity (Wildman–Crippen MR) is 138 cm³/mol. The average molecular weight is 496 g/mol. The van der Waals surface area contributed by atoms with Gasteiger partial charge in [-0.3, -0.25) is 4.98 Å². The molecule has 0 amide bonds. The lowest BCUT2D eigenvalue weighted by atomic mass is 9.92. The van der Waals surface area contributed by atoms with Gasteiger partial charge in [-0.1, -0.05) is 11.6 Å². The summed E-state index contributed by atoms with van der Waals surface area (Å²) in [7, 11) is 0. The summed E-state index contributed by atoms with van der Waals surface area (Å²) < 4.78 is 7.67. The highest BCUT2D eigenvalue weighted by molar-refractivity contribution is 7.98. The zero-order valence-corrected chi connectivity index (χ0v) is 20.3. The fourth-order valence-electron chi connectivity index (χ4n) is 4.06. The first-order valence-corrected chi connectivity index (χ1v) is 12.8. The van der Waals surface area contributed by atoms with Crippen molar-refractivity contribution < 1.29 is 4.74 Å². The summed E-state index contributed by atoms with van der Waals surface area (Å²) in [5.41, 5.74) is 7.80. The third kappa shape index (κ3) is 5.22. The van der Waals surface area contributed by atoms with Crippen molar-refractivity contribution in [2.24, 2.45) is 5.73 Å². The molecule has 0 atom stereocenters. The number of hydrogen-bond acceptors (Lipinski definition) is 8. The topological polar surface area (TPSA) is 102 Å². The number of nitrogens with one attached hydrogen (secondary N) is 2. The maximum Gasteiger partial charge on any atom is 0.173 e. The highest BCUT2D eigenvalue weighted by atomic mass is 35.5. The minimum absolute atomic E-state index is 0.311. The third-order valence-corrected chi connectivity index (χ3v) is 6.76. The van der Waals surface area contributed by atoms with E-state index in [0.29, 0.717) is 28.6 Å². The van der Waals surface area contributed by atoms with E-state index in [1.807, 2.05) is 47.3 Å². The summed E-state index contributed by atoms with van der Waals surface area (Å²) in [4.78, 5) is 9.92. The van der Waals surface area contributed by atoms with E-state index >= 15 is 0 Å². The van der Waals surface area contributed by atoms with Crippen LogP contribution in [0.4, 0.5) is 17.3 Å².